The molecule has 1 aromatic heterocycles. The molecule has 0 aliphatic heterocycles. The summed E-state index contributed by atoms with van der Waals surface area (Å²) >= 11 is 0. The number of amides is 1. The van der Waals surface area contributed by atoms with Crippen LogP contribution in [0.4, 0.5) is 0 Å². The average Bonchev–Trinajstić information content (AvgIpc) is 2.38. The second-order valence-corrected chi connectivity index (χ2v) is 4.73. The minimum absolute atomic E-state index is 0.242. The average molecular weight is 257 g/mol. The fourth-order valence-electron chi connectivity index (χ4n) is 2.01. The molecule has 100 valence electrons. The molecule has 1 amide bonds. The molecule has 0 fully saturated rings. The topological polar surface area (TPSA) is 68.0 Å². The van der Waals surface area contributed by atoms with Crippen molar-refractivity contribution in [1.82, 2.24) is 10.3 Å². The van der Waals surface area contributed by atoms with Crippen molar-refractivity contribution in [2.75, 3.05) is 6.54 Å². The summed E-state index contributed by atoms with van der Waals surface area (Å²) in [5.41, 5.74) is 8.36. The quantitative estimate of drug-likeness (QED) is 0.777. The van der Waals surface area contributed by atoms with Gasteiger partial charge < -0.3 is 11.1 Å². The minimum Gasteiger partial charge on any atom is -0.370 e. The highest BCUT2D eigenvalue weighted by atomic mass is 16.1. The Hall–Kier alpha value is -1.94. The van der Waals surface area contributed by atoms with Crippen LogP contribution in [-0.2, 0) is 11.3 Å². The van der Waals surface area contributed by atoms with E-state index in [9.17, 15) is 4.79 Å². The molecule has 0 spiro atoms. The number of rotatable bonds is 6. The molecule has 0 bridgehead atoms. The van der Waals surface area contributed by atoms with Crippen LogP contribution in [0.25, 0.3) is 10.9 Å². The van der Waals surface area contributed by atoms with Crippen LogP contribution in [0, 0.1) is 6.92 Å². The summed E-state index contributed by atoms with van der Waals surface area (Å²) in [5, 5.41) is 4.46. The van der Waals surface area contributed by atoms with Crippen molar-refractivity contribution in [2.24, 2.45) is 5.73 Å². The largest absolute Gasteiger partial charge is 0.370 e. The molecule has 1 aromatic carbocycles. The molecular formula is C15H19N3O. The van der Waals surface area contributed by atoms with Gasteiger partial charge in [0.15, 0.2) is 0 Å². The molecule has 3 N–H and O–H groups in total. The summed E-state index contributed by atoms with van der Waals surface area (Å²) in [4.78, 5) is 15.1. The van der Waals surface area contributed by atoms with Crippen molar-refractivity contribution in [3.8, 4) is 0 Å². The van der Waals surface area contributed by atoms with Crippen LogP contribution >= 0.6 is 0 Å². The number of aromatic nitrogens is 1. The van der Waals surface area contributed by atoms with Crippen molar-refractivity contribution in [3.63, 3.8) is 0 Å². The highest BCUT2D eigenvalue weighted by molar-refractivity contribution is 5.79. The Morgan fingerprint density at radius 3 is 2.95 bits per heavy atom. The van der Waals surface area contributed by atoms with Gasteiger partial charge in [-0.1, -0.05) is 12.1 Å². The van der Waals surface area contributed by atoms with Crippen LogP contribution in [0.15, 0.2) is 30.3 Å². The van der Waals surface area contributed by atoms with Crippen molar-refractivity contribution in [2.45, 2.75) is 26.3 Å². The van der Waals surface area contributed by atoms with E-state index < -0.39 is 0 Å². The van der Waals surface area contributed by atoms with E-state index in [0.717, 1.165) is 36.1 Å². The molecule has 2 rings (SSSR count). The standard InChI is InChI=1S/C15H19N3O/c1-11-4-6-13-9-12(5-7-14(13)18-11)10-17-8-2-3-15(16)19/h4-7,9,17H,2-3,8,10H2,1H3,(H2,16,19). The summed E-state index contributed by atoms with van der Waals surface area (Å²) in [7, 11) is 0. The van der Waals surface area contributed by atoms with Crippen LogP contribution in [0.2, 0.25) is 0 Å². The maximum Gasteiger partial charge on any atom is 0.217 e. The second kappa shape index (κ2) is 6.29. The predicted octanol–water partition coefficient (Wildman–Crippen LogP) is 1.90. The predicted molar refractivity (Wildman–Crippen MR) is 76.6 cm³/mol. The lowest BCUT2D eigenvalue weighted by Gasteiger charge is -2.06. The van der Waals surface area contributed by atoms with Gasteiger partial charge in [0.1, 0.15) is 0 Å². The number of fused-ring (bicyclic) bond motifs is 1. The summed E-state index contributed by atoms with van der Waals surface area (Å²) < 4.78 is 0. The maximum absolute atomic E-state index is 10.6. The summed E-state index contributed by atoms with van der Waals surface area (Å²) in [6, 6.07) is 10.4. The Morgan fingerprint density at radius 2 is 2.16 bits per heavy atom. The Balaban J connectivity index is 1.91. The number of hydrogen-bond acceptors (Lipinski definition) is 3. The third-order valence-electron chi connectivity index (χ3n) is 3.00. The fourth-order valence-corrected chi connectivity index (χ4v) is 2.01. The van der Waals surface area contributed by atoms with Crippen LogP contribution < -0.4 is 11.1 Å². The first-order valence-corrected chi connectivity index (χ1v) is 6.50. The lowest BCUT2D eigenvalue weighted by Crippen LogP contribution is -2.18. The third kappa shape index (κ3) is 4.03. The molecule has 19 heavy (non-hydrogen) atoms. The van der Waals surface area contributed by atoms with E-state index in [1.807, 2.05) is 19.1 Å². The van der Waals surface area contributed by atoms with Gasteiger partial charge in [-0.3, -0.25) is 9.78 Å². The Labute approximate surface area is 113 Å². The van der Waals surface area contributed by atoms with Gasteiger partial charge in [0.25, 0.3) is 0 Å². The van der Waals surface area contributed by atoms with E-state index in [4.69, 9.17) is 5.73 Å². The molecule has 0 unspecified atom stereocenters. The fraction of sp³-hybridized carbons (Fsp3) is 0.333. The van der Waals surface area contributed by atoms with E-state index in [1.54, 1.807) is 0 Å². The first-order valence-electron chi connectivity index (χ1n) is 6.50. The zero-order valence-electron chi connectivity index (χ0n) is 11.1. The van der Waals surface area contributed by atoms with E-state index in [-0.39, 0.29) is 5.91 Å². The Bertz CT molecular complexity index is 581. The number of carbonyl (C=O) groups is 1. The van der Waals surface area contributed by atoms with Gasteiger partial charge in [-0.2, -0.15) is 0 Å². The number of hydrogen-bond donors (Lipinski definition) is 2. The second-order valence-electron chi connectivity index (χ2n) is 4.73. The van der Waals surface area contributed by atoms with Gasteiger partial charge in [-0.25, -0.2) is 0 Å². The van der Waals surface area contributed by atoms with Gasteiger partial charge in [0.2, 0.25) is 5.91 Å². The van der Waals surface area contributed by atoms with E-state index in [0.29, 0.717) is 6.42 Å². The molecule has 4 heteroatoms. The summed E-state index contributed by atoms with van der Waals surface area (Å²) in [6.07, 6.45) is 1.22. The normalized spacial score (nSPS) is 10.8. The first-order chi connectivity index (χ1) is 9.15. The number of benzene rings is 1. The molecular weight excluding hydrogens is 238 g/mol. The van der Waals surface area contributed by atoms with E-state index in [2.05, 4.69) is 28.5 Å². The lowest BCUT2D eigenvalue weighted by molar-refractivity contribution is -0.118. The third-order valence-corrected chi connectivity index (χ3v) is 3.00. The molecule has 1 heterocycles. The van der Waals surface area contributed by atoms with E-state index >= 15 is 0 Å². The van der Waals surface area contributed by atoms with Gasteiger partial charge in [-0.15, -0.1) is 0 Å². The van der Waals surface area contributed by atoms with Crippen LogP contribution in [0.5, 0.6) is 0 Å². The molecule has 0 aliphatic rings. The first kappa shape index (κ1) is 13.5. The van der Waals surface area contributed by atoms with Gasteiger partial charge >= 0.3 is 0 Å². The van der Waals surface area contributed by atoms with Crippen molar-refractivity contribution >= 4 is 16.8 Å². The Morgan fingerprint density at radius 1 is 1.32 bits per heavy atom. The SMILES string of the molecule is Cc1ccc2cc(CNCCCC(N)=O)ccc2n1. The number of nitrogens with zero attached hydrogens (tertiary/aromatic N) is 1. The van der Waals surface area contributed by atoms with Crippen molar-refractivity contribution in [3.05, 3.63) is 41.6 Å². The molecule has 0 saturated carbocycles. The Kier molecular flexibility index (Phi) is 4.47. The zero-order valence-corrected chi connectivity index (χ0v) is 11.1. The van der Waals surface area contributed by atoms with Crippen molar-refractivity contribution < 1.29 is 4.79 Å². The maximum atomic E-state index is 10.6. The van der Waals surface area contributed by atoms with Crippen LogP contribution in [0.1, 0.15) is 24.1 Å². The monoisotopic (exact) mass is 257 g/mol. The van der Waals surface area contributed by atoms with Crippen LogP contribution in [-0.4, -0.2) is 17.4 Å². The van der Waals surface area contributed by atoms with Gasteiger partial charge in [0, 0.05) is 24.0 Å². The molecule has 0 saturated heterocycles. The number of pyridine rings is 1. The summed E-state index contributed by atoms with van der Waals surface area (Å²) in [5.74, 6) is -0.242. The van der Waals surface area contributed by atoms with Crippen molar-refractivity contribution in [1.29, 1.82) is 0 Å². The number of primary amides is 1. The number of nitrogens with two attached hydrogens (primary N) is 1. The number of aryl methyl sites for hydroxylation is 1. The summed E-state index contributed by atoms with van der Waals surface area (Å²) in [6.45, 7) is 3.59. The molecule has 0 aliphatic carbocycles. The lowest BCUT2D eigenvalue weighted by atomic mass is 10.1. The van der Waals surface area contributed by atoms with Gasteiger partial charge in [-0.05, 0) is 43.7 Å². The smallest absolute Gasteiger partial charge is 0.217 e. The molecule has 0 atom stereocenters. The zero-order chi connectivity index (χ0) is 13.7. The molecule has 4 nitrogen and oxygen atoms in total. The highest BCUT2D eigenvalue weighted by Crippen LogP contribution is 2.14. The van der Waals surface area contributed by atoms with Crippen LogP contribution in [0.3, 0.4) is 0 Å². The minimum atomic E-state index is -0.242. The number of nitrogens with one attached hydrogen (secondary N) is 1. The van der Waals surface area contributed by atoms with E-state index in [1.165, 1.54) is 5.56 Å². The molecule has 2 aromatic rings. The highest BCUT2D eigenvalue weighted by Gasteiger charge is 1.99. The molecule has 0 radical (unpaired) electrons. The number of carbonyl (C=O) groups excluding carboxylic acids is 1. The van der Waals surface area contributed by atoms with Gasteiger partial charge in [0.05, 0.1) is 5.52 Å².